The molecule has 0 radical (unpaired) electrons. The standard InChI is InChI=1S/C25H25N9.CO2/c1-17(33-10-2-3-11-33)21-9-5-8-20(28-21)15-34-16-24(31-32-34)23-13-22(29-25(27)30-23)19-7-4-6-18(12-19)14-26;2-1-3/h4-9,12-13,16-17H,2-3,10-11,15H2,1H3,(H2,27,29,30);/t17-;/m0./s1. The van der Waals surface area contributed by atoms with Crippen LogP contribution in [0.15, 0.2) is 54.7 Å². The van der Waals surface area contributed by atoms with E-state index < -0.39 is 0 Å². The molecule has 4 aromatic rings. The average molecular weight is 496 g/mol. The second-order valence-corrected chi connectivity index (χ2v) is 8.55. The Kier molecular flexibility index (Phi) is 8.05. The summed E-state index contributed by atoms with van der Waals surface area (Å²) in [6.07, 6.45) is 4.59. The van der Waals surface area contributed by atoms with Gasteiger partial charge in [0.1, 0.15) is 5.69 Å². The Bertz CT molecular complexity index is 1450. The number of nitrogens with two attached hydrogens (primary N) is 1. The van der Waals surface area contributed by atoms with Gasteiger partial charge in [-0.25, -0.2) is 14.6 Å². The van der Waals surface area contributed by atoms with Gasteiger partial charge in [0, 0.05) is 11.6 Å². The molecule has 0 amide bonds. The Morgan fingerprint density at radius 2 is 1.73 bits per heavy atom. The lowest BCUT2D eigenvalue weighted by Gasteiger charge is -2.23. The summed E-state index contributed by atoms with van der Waals surface area (Å²) in [5.74, 6) is 0.134. The highest BCUT2D eigenvalue weighted by Crippen LogP contribution is 2.25. The molecule has 1 aromatic carbocycles. The van der Waals surface area contributed by atoms with Crippen molar-refractivity contribution in [2.24, 2.45) is 0 Å². The lowest BCUT2D eigenvalue weighted by Crippen LogP contribution is -2.24. The minimum Gasteiger partial charge on any atom is -0.368 e. The molecule has 37 heavy (non-hydrogen) atoms. The second kappa shape index (κ2) is 11.8. The van der Waals surface area contributed by atoms with E-state index >= 15 is 0 Å². The number of benzene rings is 1. The summed E-state index contributed by atoms with van der Waals surface area (Å²) < 4.78 is 1.75. The Balaban J connectivity index is 0.00000102. The lowest BCUT2D eigenvalue weighted by atomic mass is 10.1. The van der Waals surface area contributed by atoms with Crippen LogP contribution in [0.3, 0.4) is 0 Å². The molecular weight excluding hydrogens is 470 g/mol. The molecule has 0 unspecified atom stereocenters. The van der Waals surface area contributed by atoms with Gasteiger partial charge in [-0.05, 0) is 63.2 Å². The van der Waals surface area contributed by atoms with Crippen LogP contribution in [0.1, 0.15) is 42.8 Å². The highest BCUT2D eigenvalue weighted by Gasteiger charge is 2.20. The van der Waals surface area contributed by atoms with Crippen LogP contribution >= 0.6 is 0 Å². The van der Waals surface area contributed by atoms with E-state index in [1.54, 1.807) is 22.9 Å². The van der Waals surface area contributed by atoms with Crippen LogP contribution in [0.5, 0.6) is 0 Å². The van der Waals surface area contributed by atoms with Gasteiger partial charge in [0.15, 0.2) is 0 Å². The van der Waals surface area contributed by atoms with E-state index in [0.717, 1.165) is 30.0 Å². The van der Waals surface area contributed by atoms with E-state index in [2.05, 4.69) is 50.3 Å². The van der Waals surface area contributed by atoms with Crippen LogP contribution in [-0.2, 0) is 16.1 Å². The maximum Gasteiger partial charge on any atom is 0.373 e. The molecule has 1 atom stereocenters. The first kappa shape index (κ1) is 25.3. The van der Waals surface area contributed by atoms with Crippen molar-refractivity contribution in [3.63, 3.8) is 0 Å². The summed E-state index contributed by atoms with van der Waals surface area (Å²) >= 11 is 0. The SMILES string of the molecule is C[C@@H](c1cccc(Cn2cc(-c3cc(-c4cccc(C#N)c4)nc(N)n3)nn2)n1)N1CCCC1.O=C=O. The molecule has 0 saturated carbocycles. The number of nitrogens with zero attached hydrogens (tertiary/aromatic N) is 8. The summed E-state index contributed by atoms with van der Waals surface area (Å²) in [6, 6.07) is 17.6. The first-order chi connectivity index (χ1) is 18.0. The monoisotopic (exact) mass is 495 g/mol. The van der Waals surface area contributed by atoms with Gasteiger partial charge >= 0.3 is 6.15 Å². The van der Waals surface area contributed by atoms with E-state index in [-0.39, 0.29) is 12.1 Å². The highest BCUT2D eigenvalue weighted by molar-refractivity contribution is 5.68. The fraction of sp³-hybridized carbons (Fsp3) is 0.269. The third-order valence-corrected chi connectivity index (χ3v) is 6.10. The molecule has 2 N–H and O–H groups in total. The van der Waals surface area contributed by atoms with Crippen molar-refractivity contribution in [2.75, 3.05) is 18.8 Å². The number of nitrogen functional groups attached to an aromatic ring is 1. The van der Waals surface area contributed by atoms with Crippen molar-refractivity contribution >= 4 is 12.1 Å². The predicted molar refractivity (Wildman–Crippen MR) is 133 cm³/mol. The summed E-state index contributed by atoms with van der Waals surface area (Å²) in [6.45, 7) is 4.98. The smallest absolute Gasteiger partial charge is 0.368 e. The Morgan fingerprint density at radius 3 is 2.49 bits per heavy atom. The molecule has 1 saturated heterocycles. The number of likely N-dealkylation sites (tertiary alicyclic amines) is 1. The van der Waals surface area contributed by atoms with E-state index in [1.807, 2.05) is 24.4 Å². The van der Waals surface area contributed by atoms with Gasteiger partial charge in [-0.3, -0.25) is 9.88 Å². The molecule has 5 rings (SSSR count). The Hall–Kier alpha value is -4.78. The maximum absolute atomic E-state index is 9.19. The molecule has 0 aliphatic carbocycles. The molecule has 11 nitrogen and oxygen atoms in total. The van der Waals surface area contributed by atoms with E-state index in [1.165, 1.54) is 12.8 Å². The predicted octanol–water partition coefficient (Wildman–Crippen LogP) is 2.87. The van der Waals surface area contributed by atoms with Gasteiger partial charge in [-0.15, -0.1) is 5.10 Å². The van der Waals surface area contributed by atoms with Crippen LogP contribution in [0.4, 0.5) is 5.95 Å². The number of nitriles is 1. The Morgan fingerprint density at radius 1 is 1.00 bits per heavy atom. The number of aromatic nitrogens is 6. The zero-order valence-electron chi connectivity index (χ0n) is 20.3. The quantitative estimate of drug-likeness (QED) is 0.422. The minimum absolute atomic E-state index is 0.134. The van der Waals surface area contributed by atoms with Gasteiger partial charge in [-0.1, -0.05) is 23.4 Å². The van der Waals surface area contributed by atoms with E-state index in [9.17, 15) is 5.26 Å². The Labute approximate surface area is 213 Å². The van der Waals surface area contributed by atoms with E-state index in [4.69, 9.17) is 20.3 Å². The van der Waals surface area contributed by atoms with Crippen LogP contribution in [0, 0.1) is 11.3 Å². The molecule has 4 heterocycles. The normalized spacial score (nSPS) is 13.7. The van der Waals surface area contributed by atoms with Gasteiger partial charge in [0.05, 0.1) is 47.1 Å². The van der Waals surface area contributed by atoms with Crippen LogP contribution in [0.25, 0.3) is 22.6 Å². The molecular formula is C26H25N9O2. The number of hydrogen-bond acceptors (Lipinski definition) is 10. The maximum atomic E-state index is 9.19. The fourth-order valence-electron chi connectivity index (χ4n) is 4.29. The van der Waals surface area contributed by atoms with Crippen molar-refractivity contribution in [2.45, 2.75) is 32.4 Å². The molecule has 1 fully saturated rings. The molecule has 0 spiro atoms. The summed E-state index contributed by atoms with van der Waals surface area (Å²) in [5.41, 5.74) is 11.1. The number of pyridine rings is 1. The highest BCUT2D eigenvalue weighted by atomic mass is 16.2. The third kappa shape index (κ3) is 6.27. The van der Waals surface area contributed by atoms with Crippen LogP contribution in [-0.4, -0.2) is 54.1 Å². The molecule has 186 valence electrons. The van der Waals surface area contributed by atoms with Crippen molar-refractivity contribution in [3.05, 3.63) is 71.7 Å². The molecule has 1 aliphatic heterocycles. The van der Waals surface area contributed by atoms with Gasteiger partial charge in [0.2, 0.25) is 5.95 Å². The van der Waals surface area contributed by atoms with Crippen molar-refractivity contribution in [1.29, 1.82) is 5.26 Å². The van der Waals surface area contributed by atoms with Crippen molar-refractivity contribution in [3.8, 4) is 28.7 Å². The lowest BCUT2D eigenvalue weighted by molar-refractivity contribution is -0.191. The summed E-state index contributed by atoms with van der Waals surface area (Å²) in [4.78, 5) is 32.3. The van der Waals surface area contributed by atoms with E-state index in [0.29, 0.717) is 35.2 Å². The van der Waals surface area contributed by atoms with Crippen LogP contribution in [0.2, 0.25) is 0 Å². The third-order valence-electron chi connectivity index (χ3n) is 6.10. The first-order valence-corrected chi connectivity index (χ1v) is 11.8. The van der Waals surface area contributed by atoms with Gasteiger partial charge in [-0.2, -0.15) is 14.9 Å². The number of anilines is 1. The zero-order valence-corrected chi connectivity index (χ0v) is 20.3. The minimum atomic E-state index is 0.134. The number of rotatable bonds is 6. The van der Waals surface area contributed by atoms with Gasteiger partial charge in [0.25, 0.3) is 0 Å². The van der Waals surface area contributed by atoms with Crippen LogP contribution < -0.4 is 5.73 Å². The fourth-order valence-corrected chi connectivity index (χ4v) is 4.29. The molecule has 3 aromatic heterocycles. The number of hydrogen-bond donors (Lipinski definition) is 1. The molecule has 1 aliphatic rings. The number of carbonyl (C=O) groups excluding carboxylic acids is 2. The molecule has 11 heteroatoms. The molecule has 0 bridgehead atoms. The second-order valence-electron chi connectivity index (χ2n) is 8.55. The summed E-state index contributed by atoms with van der Waals surface area (Å²) in [7, 11) is 0. The first-order valence-electron chi connectivity index (χ1n) is 11.8. The van der Waals surface area contributed by atoms with Crippen molar-refractivity contribution in [1.82, 2.24) is 34.8 Å². The largest absolute Gasteiger partial charge is 0.373 e. The topological polar surface area (TPSA) is 157 Å². The van der Waals surface area contributed by atoms with Gasteiger partial charge < -0.3 is 5.73 Å². The zero-order chi connectivity index (χ0) is 26.2. The average Bonchev–Trinajstić information content (AvgIpc) is 3.62. The summed E-state index contributed by atoms with van der Waals surface area (Å²) in [5, 5.41) is 17.7. The van der Waals surface area contributed by atoms with Crippen molar-refractivity contribution < 1.29 is 9.59 Å².